The first-order valence-electron chi connectivity index (χ1n) is 5.07. The van der Waals surface area contributed by atoms with Crippen LogP contribution in [-0.4, -0.2) is 29.8 Å². The number of fused-ring (bicyclic) bond motifs is 1. The molecule has 0 radical (unpaired) electrons. The number of aromatic carboxylic acids is 1. The SMILES string of the molecule is O=C(O)c1cc2c(c(C(F)(F)F)c1)CCOB2O. The van der Waals surface area contributed by atoms with Crippen molar-refractivity contribution < 1.29 is 32.8 Å². The molecule has 1 heterocycles. The first-order chi connectivity index (χ1) is 8.30. The van der Waals surface area contributed by atoms with Gasteiger partial charge in [-0.15, -0.1) is 0 Å². The van der Waals surface area contributed by atoms with Crippen LogP contribution in [0.1, 0.15) is 21.5 Å². The Morgan fingerprint density at radius 2 is 2.06 bits per heavy atom. The molecule has 1 aromatic rings. The minimum absolute atomic E-state index is 0.0128. The van der Waals surface area contributed by atoms with E-state index in [1.165, 1.54) is 0 Å². The number of halogens is 3. The molecule has 0 aliphatic carbocycles. The molecule has 0 aromatic heterocycles. The molecule has 0 amide bonds. The van der Waals surface area contributed by atoms with E-state index in [0.717, 1.165) is 6.07 Å². The first kappa shape index (κ1) is 12.9. The topological polar surface area (TPSA) is 66.8 Å². The predicted molar refractivity (Wildman–Crippen MR) is 55.7 cm³/mol. The number of benzene rings is 1. The minimum Gasteiger partial charge on any atom is -0.478 e. The number of carboxylic acids is 1. The lowest BCUT2D eigenvalue weighted by molar-refractivity contribution is -0.138. The maximum atomic E-state index is 12.8. The van der Waals surface area contributed by atoms with Crippen LogP contribution in [0.25, 0.3) is 0 Å². The van der Waals surface area contributed by atoms with Gasteiger partial charge in [0.1, 0.15) is 0 Å². The standard InChI is InChI=1S/C10H8BF3O4/c12-10(13,14)7-3-5(9(15)16)4-8-6(7)1-2-18-11(8)17/h3-4,17H,1-2H2,(H,15,16). The Hall–Kier alpha value is -1.54. The van der Waals surface area contributed by atoms with Gasteiger partial charge in [-0.05, 0) is 29.6 Å². The summed E-state index contributed by atoms with van der Waals surface area (Å²) in [6.45, 7) is -0.0380. The van der Waals surface area contributed by atoms with Gasteiger partial charge in [-0.2, -0.15) is 13.2 Å². The largest absolute Gasteiger partial charge is 0.491 e. The molecule has 96 valence electrons. The fraction of sp³-hybridized carbons (Fsp3) is 0.300. The van der Waals surface area contributed by atoms with E-state index in [0.29, 0.717) is 6.07 Å². The Bertz CT molecular complexity index is 501. The quantitative estimate of drug-likeness (QED) is 0.728. The van der Waals surface area contributed by atoms with Crippen LogP contribution in [0.15, 0.2) is 12.1 Å². The third kappa shape index (κ3) is 2.21. The second-order valence-corrected chi connectivity index (χ2v) is 3.87. The van der Waals surface area contributed by atoms with Crippen molar-refractivity contribution in [2.45, 2.75) is 12.6 Å². The molecule has 0 fully saturated rings. The van der Waals surface area contributed by atoms with E-state index in [9.17, 15) is 23.0 Å². The molecular weight excluding hydrogens is 252 g/mol. The molecule has 0 saturated carbocycles. The van der Waals surface area contributed by atoms with E-state index >= 15 is 0 Å². The summed E-state index contributed by atoms with van der Waals surface area (Å²) in [7, 11) is -1.52. The second-order valence-electron chi connectivity index (χ2n) is 3.87. The fourth-order valence-electron chi connectivity index (χ4n) is 1.93. The molecule has 0 unspecified atom stereocenters. The zero-order valence-electron chi connectivity index (χ0n) is 8.99. The maximum absolute atomic E-state index is 12.8. The summed E-state index contributed by atoms with van der Waals surface area (Å²) in [6, 6.07) is 1.59. The highest BCUT2D eigenvalue weighted by molar-refractivity contribution is 6.61. The number of hydrogen-bond donors (Lipinski definition) is 2. The highest BCUT2D eigenvalue weighted by atomic mass is 19.4. The summed E-state index contributed by atoms with van der Waals surface area (Å²) in [6.07, 6.45) is -4.67. The summed E-state index contributed by atoms with van der Waals surface area (Å²) in [5, 5.41) is 18.2. The molecule has 0 bridgehead atoms. The van der Waals surface area contributed by atoms with Gasteiger partial charge in [-0.25, -0.2) is 4.79 Å². The average Bonchev–Trinajstić information content (AvgIpc) is 2.27. The number of carboxylic acid groups (broad SMARTS) is 1. The van der Waals surface area contributed by atoms with Crippen LogP contribution < -0.4 is 5.46 Å². The molecular formula is C10H8BF3O4. The first-order valence-corrected chi connectivity index (χ1v) is 5.07. The molecule has 2 N–H and O–H groups in total. The van der Waals surface area contributed by atoms with E-state index in [2.05, 4.69) is 0 Å². The smallest absolute Gasteiger partial charge is 0.478 e. The summed E-state index contributed by atoms with van der Waals surface area (Å²) < 4.78 is 43.3. The fourth-order valence-corrected chi connectivity index (χ4v) is 1.93. The lowest BCUT2D eigenvalue weighted by atomic mass is 9.71. The molecule has 1 aliphatic rings. The molecule has 2 rings (SSSR count). The lowest BCUT2D eigenvalue weighted by Crippen LogP contribution is -2.43. The van der Waals surface area contributed by atoms with E-state index in [1.54, 1.807) is 0 Å². The van der Waals surface area contributed by atoms with Gasteiger partial charge in [-0.1, -0.05) is 0 Å². The van der Waals surface area contributed by atoms with Crippen LogP contribution in [0.2, 0.25) is 0 Å². The average molecular weight is 260 g/mol. The maximum Gasteiger partial charge on any atom is 0.491 e. The Labute approximate surface area is 100 Å². The van der Waals surface area contributed by atoms with Gasteiger partial charge >= 0.3 is 19.3 Å². The Balaban J connectivity index is 2.68. The Morgan fingerprint density at radius 3 is 2.61 bits per heavy atom. The van der Waals surface area contributed by atoms with Crippen molar-refractivity contribution in [3.63, 3.8) is 0 Å². The van der Waals surface area contributed by atoms with Crippen molar-refractivity contribution in [1.82, 2.24) is 0 Å². The summed E-state index contributed by atoms with van der Waals surface area (Å²) in [4.78, 5) is 10.8. The highest BCUT2D eigenvalue weighted by Crippen LogP contribution is 2.33. The predicted octanol–water partition coefficient (Wildman–Crippen LogP) is 0.664. The van der Waals surface area contributed by atoms with Gasteiger partial charge in [0, 0.05) is 6.61 Å². The third-order valence-corrected chi connectivity index (χ3v) is 2.73. The van der Waals surface area contributed by atoms with Gasteiger partial charge in [0.2, 0.25) is 0 Å². The Morgan fingerprint density at radius 1 is 1.39 bits per heavy atom. The van der Waals surface area contributed by atoms with Crippen molar-refractivity contribution >= 4 is 18.6 Å². The van der Waals surface area contributed by atoms with Gasteiger partial charge in [0.15, 0.2) is 0 Å². The van der Waals surface area contributed by atoms with Crippen molar-refractivity contribution in [3.05, 3.63) is 28.8 Å². The normalized spacial score (nSPS) is 15.4. The molecule has 18 heavy (non-hydrogen) atoms. The molecule has 1 aromatic carbocycles. The second kappa shape index (κ2) is 4.29. The zero-order valence-corrected chi connectivity index (χ0v) is 8.99. The minimum atomic E-state index is -4.66. The number of hydrogen-bond acceptors (Lipinski definition) is 3. The highest BCUT2D eigenvalue weighted by Gasteiger charge is 2.38. The number of alkyl halides is 3. The monoisotopic (exact) mass is 260 g/mol. The zero-order chi connectivity index (χ0) is 13.5. The van der Waals surface area contributed by atoms with Crippen molar-refractivity contribution in [2.75, 3.05) is 6.61 Å². The molecule has 0 spiro atoms. The van der Waals surface area contributed by atoms with Crippen molar-refractivity contribution in [1.29, 1.82) is 0 Å². The summed E-state index contributed by atoms with van der Waals surface area (Å²) in [5.41, 5.74) is -1.79. The van der Waals surface area contributed by atoms with Gasteiger partial charge in [-0.3, -0.25) is 0 Å². The number of rotatable bonds is 1. The molecule has 0 saturated heterocycles. The van der Waals surface area contributed by atoms with Crippen LogP contribution in [0.4, 0.5) is 13.2 Å². The van der Waals surface area contributed by atoms with E-state index in [4.69, 9.17) is 9.76 Å². The third-order valence-electron chi connectivity index (χ3n) is 2.73. The molecule has 0 atom stereocenters. The van der Waals surface area contributed by atoms with Crippen LogP contribution in [0.5, 0.6) is 0 Å². The van der Waals surface area contributed by atoms with Crippen LogP contribution in [0.3, 0.4) is 0 Å². The van der Waals surface area contributed by atoms with Gasteiger partial charge in [0.05, 0.1) is 11.1 Å². The van der Waals surface area contributed by atoms with E-state index < -0.39 is 30.4 Å². The van der Waals surface area contributed by atoms with E-state index in [-0.39, 0.29) is 24.1 Å². The summed E-state index contributed by atoms with van der Waals surface area (Å²) in [5.74, 6) is -1.49. The Kier molecular flexibility index (Phi) is 3.08. The van der Waals surface area contributed by atoms with Crippen LogP contribution in [-0.2, 0) is 17.3 Å². The molecule has 8 heteroatoms. The lowest BCUT2D eigenvalue weighted by Gasteiger charge is -2.23. The van der Waals surface area contributed by atoms with E-state index in [1.807, 2.05) is 0 Å². The molecule has 4 nitrogen and oxygen atoms in total. The summed E-state index contributed by atoms with van der Waals surface area (Å²) >= 11 is 0. The van der Waals surface area contributed by atoms with Crippen LogP contribution in [0, 0.1) is 0 Å². The molecule has 1 aliphatic heterocycles. The van der Waals surface area contributed by atoms with Gasteiger partial charge in [0.25, 0.3) is 0 Å². The van der Waals surface area contributed by atoms with Crippen LogP contribution >= 0.6 is 0 Å². The number of carbonyl (C=O) groups is 1. The van der Waals surface area contributed by atoms with Gasteiger partial charge < -0.3 is 14.8 Å². The van der Waals surface area contributed by atoms with Crippen molar-refractivity contribution in [3.8, 4) is 0 Å². The van der Waals surface area contributed by atoms with Crippen molar-refractivity contribution in [2.24, 2.45) is 0 Å².